The van der Waals surface area contributed by atoms with Gasteiger partial charge in [-0.2, -0.15) is 0 Å². The van der Waals surface area contributed by atoms with E-state index in [1.165, 1.54) is 11.3 Å². The number of amides is 2. The number of hydrogen-bond donors (Lipinski definition) is 2. The molecule has 2 N–H and O–H groups in total. The Hall–Kier alpha value is -2.12. The average molecular weight is 450 g/mol. The Morgan fingerprint density at radius 3 is 2.77 bits per heavy atom. The number of nitrogens with one attached hydrogen (secondary N) is 2. The minimum absolute atomic E-state index is 0.0256. The standard InChI is InChI=1S/C22H28ClN3O3S/c1-14(2)24-22(28)15-4-3-5-17(10-15)25-20(27)11-18-13-30-21(26-18)12-29-19-8-6-16(23)7-9-19/h6-9,13-15,17H,3-5,10-12H2,1-2H3,(H,24,28)(H,25,27). The molecule has 3 rings (SSSR count). The number of rotatable bonds is 8. The number of halogens is 1. The summed E-state index contributed by atoms with van der Waals surface area (Å²) in [6, 6.07) is 7.34. The lowest BCUT2D eigenvalue weighted by atomic mass is 9.85. The first-order valence-corrected chi connectivity index (χ1v) is 11.6. The third-order valence-corrected chi connectivity index (χ3v) is 6.08. The fraction of sp³-hybridized carbons (Fsp3) is 0.500. The van der Waals surface area contributed by atoms with Crippen LogP contribution >= 0.6 is 22.9 Å². The molecule has 2 atom stereocenters. The zero-order valence-electron chi connectivity index (χ0n) is 17.3. The van der Waals surface area contributed by atoms with E-state index in [1.807, 2.05) is 31.4 Å². The molecule has 0 spiro atoms. The van der Waals surface area contributed by atoms with E-state index in [1.54, 1.807) is 12.1 Å². The Morgan fingerprint density at radius 2 is 2.03 bits per heavy atom. The van der Waals surface area contributed by atoms with Crippen molar-refractivity contribution in [1.82, 2.24) is 15.6 Å². The van der Waals surface area contributed by atoms with E-state index in [-0.39, 0.29) is 36.2 Å². The molecule has 0 radical (unpaired) electrons. The van der Waals surface area contributed by atoms with E-state index >= 15 is 0 Å². The van der Waals surface area contributed by atoms with E-state index in [0.29, 0.717) is 18.1 Å². The van der Waals surface area contributed by atoms with Gasteiger partial charge in [0.25, 0.3) is 0 Å². The van der Waals surface area contributed by atoms with E-state index < -0.39 is 0 Å². The van der Waals surface area contributed by atoms with Crippen molar-refractivity contribution in [3.8, 4) is 5.75 Å². The highest BCUT2D eigenvalue weighted by Crippen LogP contribution is 2.25. The van der Waals surface area contributed by atoms with Crippen LogP contribution in [0.3, 0.4) is 0 Å². The van der Waals surface area contributed by atoms with E-state index in [9.17, 15) is 9.59 Å². The lowest BCUT2D eigenvalue weighted by Crippen LogP contribution is -2.44. The number of nitrogens with zero attached hydrogens (tertiary/aromatic N) is 1. The van der Waals surface area contributed by atoms with Gasteiger partial charge in [-0.15, -0.1) is 11.3 Å². The van der Waals surface area contributed by atoms with Crippen LogP contribution in [0, 0.1) is 5.92 Å². The Bertz CT molecular complexity index is 854. The molecule has 2 amide bonds. The first-order chi connectivity index (χ1) is 14.4. The predicted molar refractivity (Wildman–Crippen MR) is 119 cm³/mol. The molecule has 0 aliphatic heterocycles. The van der Waals surface area contributed by atoms with Gasteiger partial charge in [0.2, 0.25) is 11.8 Å². The summed E-state index contributed by atoms with van der Waals surface area (Å²) in [5, 5.41) is 9.42. The van der Waals surface area contributed by atoms with Gasteiger partial charge in [0.15, 0.2) is 0 Å². The number of aromatic nitrogens is 1. The van der Waals surface area contributed by atoms with Gasteiger partial charge >= 0.3 is 0 Å². The van der Waals surface area contributed by atoms with Gasteiger partial charge in [-0.3, -0.25) is 9.59 Å². The zero-order chi connectivity index (χ0) is 21.5. The van der Waals surface area contributed by atoms with E-state index in [2.05, 4.69) is 15.6 Å². The van der Waals surface area contributed by atoms with Gasteiger partial charge in [-0.05, 0) is 57.4 Å². The van der Waals surface area contributed by atoms with Gasteiger partial charge in [-0.1, -0.05) is 18.0 Å². The maximum atomic E-state index is 12.5. The molecular weight excluding hydrogens is 422 g/mol. The van der Waals surface area contributed by atoms with Crippen LogP contribution in [0.15, 0.2) is 29.6 Å². The molecule has 2 unspecified atom stereocenters. The summed E-state index contributed by atoms with van der Waals surface area (Å²) >= 11 is 7.34. The lowest BCUT2D eigenvalue weighted by molar-refractivity contribution is -0.128. The second kappa shape index (κ2) is 10.8. The summed E-state index contributed by atoms with van der Waals surface area (Å²) in [5.41, 5.74) is 0.733. The van der Waals surface area contributed by atoms with Crippen LogP contribution in [0.2, 0.25) is 5.02 Å². The largest absolute Gasteiger partial charge is 0.486 e. The predicted octanol–water partition coefficient (Wildman–Crippen LogP) is 4.12. The number of ether oxygens (including phenoxy) is 1. The Kier molecular flexibility index (Phi) is 8.10. The quantitative estimate of drug-likeness (QED) is 0.635. The van der Waals surface area contributed by atoms with E-state index in [0.717, 1.165) is 35.7 Å². The van der Waals surface area contributed by atoms with Crippen molar-refractivity contribution in [2.45, 2.75) is 64.6 Å². The number of benzene rings is 1. The molecule has 162 valence electrons. The minimum atomic E-state index is -0.0552. The third-order valence-electron chi connectivity index (χ3n) is 4.96. The number of carbonyl (C=O) groups is 2. The highest BCUT2D eigenvalue weighted by atomic mass is 35.5. The van der Waals surface area contributed by atoms with Crippen molar-refractivity contribution in [2.24, 2.45) is 5.92 Å². The summed E-state index contributed by atoms with van der Waals surface area (Å²) < 4.78 is 5.70. The van der Waals surface area contributed by atoms with Crippen LogP contribution in [0.4, 0.5) is 0 Å². The lowest BCUT2D eigenvalue weighted by Gasteiger charge is -2.29. The van der Waals surface area contributed by atoms with Gasteiger partial charge in [0, 0.05) is 28.4 Å². The molecule has 6 nitrogen and oxygen atoms in total. The summed E-state index contributed by atoms with van der Waals surface area (Å²) in [7, 11) is 0. The van der Waals surface area contributed by atoms with Crippen LogP contribution < -0.4 is 15.4 Å². The first kappa shape index (κ1) is 22.6. The van der Waals surface area contributed by atoms with Gasteiger partial charge < -0.3 is 15.4 Å². The Labute approximate surface area is 186 Å². The van der Waals surface area contributed by atoms with Crippen LogP contribution in [0.1, 0.15) is 50.2 Å². The smallest absolute Gasteiger partial charge is 0.226 e. The van der Waals surface area contributed by atoms with Gasteiger partial charge in [0.1, 0.15) is 17.4 Å². The summed E-state index contributed by atoms with van der Waals surface area (Å²) in [6.07, 6.45) is 3.67. The van der Waals surface area contributed by atoms with Crippen molar-refractivity contribution in [3.63, 3.8) is 0 Å². The molecular formula is C22H28ClN3O3S. The number of hydrogen-bond acceptors (Lipinski definition) is 5. The van der Waals surface area contributed by atoms with Crippen molar-refractivity contribution in [3.05, 3.63) is 45.4 Å². The maximum absolute atomic E-state index is 12.5. The fourth-order valence-electron chi connectivity index (χ4n) is 3.58. The molecule has 2 aromatic rings. The molecule has 30 heavy (non-hydrogen) atoms. The molecule has 1 heterocycles. The normalized spacial score (nSPS) is 18.8. The van der Waals surface area contributed by atoms with Crippen molar-refractivity contribution < 1.29 is 14.3 Å². The van der Waals surface area contributed by atoms with Crippen molar-refractivity contribution >= 4 is 34.8 Å². The highest BCUT2D eigenvalue weighted by Gasteiger charge is 2.28. The minimum Gasteiger partial charge on any atom is -0.486 e. The molecule has 0 saturated heterocycles. The van der Waals surface area contributed by atoms with Crippen molar-refractivity contribution in [2.75, 3.05) is 0 Å². The third kappa shape index (κ3) is 6.99. The molecule has 0 bridgehead atoms. The topological polar surface area (TPSA) is 80.3 Å². The van der Waals surface area contributed by atoms with Crippen LogP contribution in [0.5, 0.6) is 5.75 Å². The van der Waals surface area contributed by atoms with Crippen LogP contribution in [-0.2, 0) is 22.6 Å². The molecule has 8 heteroatoms. The summed E-state index contributed by atoms with van der Waals surface area (Å²) in [4.78, 5) is 29.2. The van der Waals surface area contributed by atoms with Gasteiger partial charge in [0.05, 0.1) is 12.1 Å². The monoisotopic (exact) mass is 449 g/mol. The molecule has 1 aliphatic rings. The summed E-state index contributed by atoms with van der Waals surface area (Å²) in [6.45, 7) is 4.27. The Morgan fingerprint density at radius 1 is 1.27 bits per heavy atom. The molecule has 1 fully saturated rings. The molecule has 1 aromatic carbocycles. The fourth-order valence-corrected chi connectivity index (χ4v) is 4.41. The Balaban J connectivity index is 1.44. The first-order valence-electron chi connectivity index (χ1n) is 10.3. The molecule has 1 aliphatic carbocycles. The van der Waals surface area contributed by atoms with E-state index in [4.69, 9.17) is 16.3 Å². The highest BCUT2D eigenvalue weighted by molar-refractivity contribution is 7.09. The second-order valence-corrected chi connectivity index (χ2v) is 9.32. The average Bonchev–Trinajstić information content (AvgIpc) is 3.14. The molecule has 1 saturated carbocycles. The number of thiazole rings is 1. The summed E-state index contributed by atoms with van der Waals surface area (Å²) in [5.74, 6) is 0.735. The number of carbonyl (C=O) groups excluding carboxylic acids is 2. The SMILES string of the molecule is CC(C)NC(=O)C1CCCC(NC(=O)Cc2csc(COc3ccc(Cl)cc3)n2)C1. The van der Waals surface area contributed by atoms with Crippen molar-refractivity contribution in [1.29, 1.82) is 0 Å². The maximum Gasteiger partial charge on any atom is 0.226 e. The van der Waals surface area contributed by atoms with Crippen LogP contribution in [-0.4, -0.2) is 28.9 Å². The van der Waals surface area contributed by atoms with Crippen LogP contribution in [0.25, 0.3) is 0 Å². The second-order valence-electron chi connectivity index (χ2n) is 7.94. The zero-order valence-corrected chi connectivity index (χ0v) is 18.9. The van der Waals surface area contributed by atoms with Gasteiger partial charge in [-0.25, -0.2) is 4.98 Å². The molecule has 1 aromatic heterocycles.